The summed E-state index contributed by atoms with van der Waals surface area (Å²) in [4.78, 5) is 6.54. The quantitative estimate of drug-likeness (QED) is 0.779. The van der Waals surface area contributed by atoms with Crippen LogP contribution in [0.2, 0.25) is 0 Å². The van der Waals surface area contributed by atoms with Gasteiger partial charge in [-0.3, -0.25) is 4.90 Å². The van der Waals surface area contributed by atoms with Crippen molar-refractivity contribution in [2.24, 2.45) is 5.10 Å². The lowest BCUT2D eigenvalue weighted by Gasteiger charge is -2.16. The van der Waals surface area contributed by atoms with E-state index < -0.39 is 0 Å². The number of methoxy groups -OCH3 is 1. The first-order valence-electron chi connectivity index (χ1n) is 8.55. The molecule has 2 heterocycles. The van der Waals surface area contributed by atoms with Crippen molar-refractivity contribution in [2.75, 3.05) is 39.1 Å². The summed E-state index contributed by atoms with van der Waals surface area (Å²) in [5.74, 6) is 1.81. The predicted molar refractivity (Wildman–Crippen MR) is 98.5 cm³/mol. The predicted octanol–water partition coefficient (Wildman–Crippen LogP) is 2.14. The number of benzene rings is 1. The first kappa shape index (κ1) is 17.3. The highest BCUT2D eigenvalue weighted by Crippen LogP contribution is 2.27. The number of aryl methyl sites for hydroxylation is 1. The van der Waals surface area contributed by atoms with Gasteiger partial charge in [0.05, 0.1) is 25.2 Å². The topological polar surface area (TPSA) is 77.9 Å². The molecular weight excluding hydrogens is 318 g/mol. The SMILES string of the molecule is COc1cc(C=Nn2cc(C)nc2N)ccc1OCCN1CCCC1. The smallest absolute Gasteiger partial charge is 0.221 e. The molecule has 1 aliphatic heterocycles. The van der Waals surface area contributed by atoms with Gasteiger partial charge in [0.1, 0.15) is 6.61 Å². The number of aromatic nitrogens is 2. The monoisotopic (exact) mass is 343 g/mol. The second kappa shape index (κ2) is 8.02. The first-order valence-corrected chi connectivity index (χ1v) is 8.55. The van der Waals surface area contributed by atoms with Gasteiger partial charge < -0.3 is 15.2 Å². The van der Waals surface area contributed by atoms with E-state index in [0.717, 1.165) is 23.6 Å². The van der Waals surface area contributed by atoms with E-state index in [2.05, 4.69) is 15.0 Å². The lowest BCUT2D eigenvalue weighted by molar-refractivity contribution is 0.230. The van der Waals surface area contributed by atoms with E-state index in [1.165, 1.54) is 25.9 Å². The molecule has 0 unspecified atom stereocenters. The van der Waals surface area contributed by atoms with Crippen LogP contribution in [0.3, 0.4) is 0 Å². The number of nitrogens with zero attached hydrogens (tertiary/aromatic N) is 4. The number of imidazole rings is 1. The Labute approximate surface area is 148 Å². The fourth-order valence-corrected chi connectivity index (χ4v) is 2.90. The number of nitrogens with two attached hydrogens (primary N) is 1. The largest absolute Gasteiger partial charge is 0.493 e. The van der Waals surface area contributed by atoms with E-state index in [1.54, 1.807) is 24.2 Å². The normalized spacial score (nSPS) is 15.1. The van der Waals surface area contributed by atoms with E-state index in [0.29, 0.717) is 18.3 Å². The Hall–Kier alpha value is -2.54. The van der Waals surface area contributed by atoms with Gasteiger partial charge in [-0.05, 0) is 56.6 Å². The molecule has 0 spiro atoms. The zero-order valence-electron chi connectivity index (χ0n) is 14.8. The van der Waals surface area contributed by atoms with Gasteiger partial charge in [0.25, 0.3) is 0 Å². The summed E-state index contributed by atoms with van der Waals surface area (Å²) in [5.41, 5.74) is 7.51. The molecule has 7 nitrogen and oxygen atoms in total. The molecule has 1 aliphatic rings. The third-order valence-corrected chi connectivity index (χ3v) is 4.22. The lowest BCUT2D eigenvalue weighted by atomic mass is 10.2. The second-order valence-corrected chi connectivity index (χ2v) is 6.14. The van der Waals surface area contributed by atoms with Crippen LogP contribution in [0.5, 0.6) is 11.5 Å². The number of hydrogen-bond acceptors (Lipinski definition) is 6. The molecule has 1 saturated heterocycles. The summed E-state index contributed by atoms with van der Waals surface area (Å²) in [6, 6.07) is 5.75. The van der Waals surface area contributed by atoms with Crippen LogP contribution >= 0.6 is 0 Å². The van der Waals surface area contributed by atoms with E-state index in [9.17, 15) is 0 Å². The molecule has 2 N–H and O–H groups in total. The average molecular weight is 343 g/mol. The summed E-state index contributed by atoms with van der Waals surface area (Å²) in [6.07, 6.45) is 6.07. The third kappa shape index (κ3) is 4.51. The van der Waals surface area contributed by atoms with Crippen molar-refractivity contribution in [2.45, 2.75) is 19.8 Å². The van der Waals surface area contributed by atoms with Gasteiger partial charge in [0, 0.05) is 6.54 Å². The van der Waals surface area contributed by atoms with Gasteiger partial charge in [0.15, 0.2) is 11.5 Å². The molecule has 0 saturated carbocycles. The van der Waals surface area contributed by atoms with Crippen LogP contribution in [0, 0.1) is 6.92 Å². The van der Waals surface area contributed by atoms with E-state index >= 15 is 0 Å². The Morgan fingerprint density at radius 1 is 1.28 bits per heavy atom. The van der Waals surface area contributed by atoms with Crippen molar-refractivity contribution in [3.63, 3.8) is 0 Å². The van der Waals surface area contributed by atoms with Crippen molar-refractivity contribution in [1.82, 2.24) is 14.6 Å². The summed E-state index contributed by atoms with van der Waals surface area (Å²) < 4.78 is 12.9. The summed E-state index contributed by atoms with van der Waals surface area (Å²) in [6.45, 7) is 5.83. The summed E-state index contributed by atoms with van der Waals surface area (Å²) in [5, 5.41) is 4.32. The highest BCUT2D eigenvalue weighted by atomic mass is 16.5. The zero-order valence-corrected chi connectivity index (χ0v) is 14.8. The fraction of sp³-hybridized carbons (Fsp3) is 0.444. The number of ether oxygens (including phenoxy) is 2. The van der Waals surface area contributed by atoms with E-state index in [4.69, 9.17) is 15.2 Å². The molecule has 0 bridgehead atoms. The molecule has 1 aromatic carbocycles. The van der Waals surface area contributed by atoms with Crippen molar-refractivity contribution in [1.29, 1.82) is 0 Å². The molecular formula is C18H25N5O2. The molecule has 0 radical (unpaired) electrons. The zero-order chi connectivity index (χ0) is 17.6. The van der Waals surface area contributed by atoms with Crippen LogP contribution in [0.1, 0.15) is 24.1 Å². The van der Waals surface area contributed by atoms with Gasteiger partial charge in [0.2, 0.25) is 5.95 Å². The molecule has 7 heteroatoms. The van der Waals surface area contributed by atoms with Gasteiger partial charge in [-0.25, -0.2) is 9.66 Å². The number of anilines is 1. The number of likely N-dealkylation sites (tertiary alicyclic amines) is 1. The highest BCUT2D eigenvalue weighted by molar-refractivity contribution is 5.81. The molecule has 1 aromatic heterocycles. The molecule has 134 valence electrons. The van der Waals surface area contributed by atoms with Crippen LogP contribution in [0.15, 0.2) is 29.5 Å². The van der Waals surface area contributed by atoms with E-state index in [-0.39, 0.29) is 0 Å². The van der Waals surface area contributed by atoms with Crippen LogP contribution in [0.4, 0.5) is 5.95 Å². The van der Waals surface area contributed by atoms with Crippen molar-refractivity contribution >= 4 is 12.2 Å². The van der Waals surface area contributed by atoms with Crippen LogP contribution in [-0.2, 0) is 0 Å². The van der Waals surface area contributed by atoms with Crippen molar-refractivity contribution in [3.05, 3.63) is 35.7 Å². The Bertz CT molecular complexity index is 735. The number of hydrogen-bond donors (Lipinski definition) is 1. The molecule has 25 heavy (non-hydrogen) atoms. The Morgan fingerprint density at radius 3 is 2.76 bits per heavy atom. The minimum absolute atomic E-state index is 0.364. The van der Waals surface area contributed by atoms with Crippen molar-refractivity contribution < 1.29 is 9.47 Å². The Kier molecular flexibility index (Phi) is 5.55. The van der Waals surface area contributed by atoms with Crippen LogP contribution in [-0.4, -0.2) is 54.1 Å². The number of nitrogen functional groups attached to an aromatic ring is 1. The molecule has 0 atom stereocenters. The molecule has 1 fully saturated rings. The van der Waals surface area contributed by atoms with Crippen molar-refractivity contribution in [3.8, 4) is 11.5 Å². The van der Waals surface area contributed by atoms with Gasteiger partial charge >= 0.3 is 0 Å². The molecule has 0 aliphatic carbocycles. The van der Waals surface area contributed by atoms with Gasteiger partial charge in [-0.1, -0.05) is 0 Å². The maximum atomic E-state index is 5.88. The maximum absolute atomic E-state index is 5.88. The van der Waals surface area contributed by atoms with Crippen LogP contribution in [0.25, 0.3) is 0 Å². The lowest BCUT2D eigenvalue weighted by Crippen LogP contribution is -2.25. The fourth-order valence-electron chi connectivity index (χ4n) is 2.90. The third-order valence-electron chi connectivity index (χ3n) is 4.22. The average Bonchev–Trinajstić information content (AvgIpc) is 3.23. The molecule has 3 rings (SSSR count). The minimum atomic E-state index is 0.364. The summed E-state index contributed by atoms with van der Waals surface area (Å²) in [7, 11) is 1.64. The first-order chi connectivity index (χ1) is 12.2. The Balaban J connectivity index is 1.63. The van der Waals surface area contributed by atoms with Gasteiger partial charge in [-0.2, -0.15) is 5.10 Å². The minimum Gasteiger partial charge on any atom is -0.493 e. The molecule has 2 aromatic rings. The maximum Gasteiger partial charge on any atom is 0.221 e. The highest BCUT2D eigenvalue weighted by Gasteiger charge is 2.12. The van der Waals surface area contributed by atoms with Gasteiger partial charge in [-0.15, -0.1) is 0 Å². The second-order valence-electron chi connectivity index (χ2n) is 6.14. The molecule has 0 amide bonds. The van der Waals surface area contributed by atoms with Crippen LogP contribution < -0.4 is 15.2 Å². The summed E-state index contributed by atoms with van der Waals surface area (Å²) >= 11 is 0. The Morgan fingerprint density at radius 2 is 2.08 bits per heavy atom. The standard InChI is InChI=1S/C18H25N5O2/c1-14-13-23(18(19)21-14)20-12-15-5-6-16(17(11-15)24-2)25-10-9-22-7-3-4-8-22/h5-6,11-13H,3-4,7-10H2,1-2H3,(H2,19,21). The number of rotatable bonds is 7. The van der Waals surface area contributed by atoms with E-state index in [1.807, 2.05) is 25.1 Å².